The fourth-order valence-corrected chi connectivity index (χ4v) is 4.04. The molecule has 2 aliphatic rings. The number of fused-ring (bicyclic) bond motifs is 2. The van der Waals surface area contributed by atoms with Crippen molar-refractivity contribution in [3.05, 3.63) is 0 Å². The number of nitrogens with zero attached hydrogens (tertiary/aromatic N) is 1. The molecule has 2 fully saturated rings. The molecule has 0 aromatic heterocycles. The van der Waals surface area contributed by atoms with E-state index in [2.05, 4.69) is 31.0 Å². The van der Waals surface area contributed by atoms with Crippen molar-refractivity contribution in [2.24, 2.45) is 5.92 Å². The van der Waals surface area contributed by atoms with E-state index in [9.17, 15) is 0 Å². The van der Waals surface area contributed by atoms with Gasteiger partial charge in [0.05, 0.1) is 0 Å². The summed E-state index contributed by atoms with van der Waals surface area (Å²) in [5, 5.41) is 3.77. The SMILES string of the molecule is CCCNC1CC2CCCC(C1)N2CCCC(C)C. The molecule has 0 aromatic carbocycles. The number of hydrogen-bond acceptors (Lipinski definition) is 2. The number of nitrogens with one attached hydrogen (secondary N) is 1. The normalized spacial score (nSPS) is 31.9. The first-order valence-electron chi connectivity index (χ1n) is 8.69. The van der Waals surface area contributed by atoms with Gasteiger partial charge in [0, 0.05) is 18.1 Å². The van der Waals surface area contributed by atoms with Gasteiger partial charge >= 0.3 is 0 Å². The lowest BCUT2D eigenvalue weighted by Crippen LogP contribution is -2.56. The van der Waals surface area contributed by atoms with Gasteiger partial charge < -0.3 is 5.32 Å². The van der Waals surface area contributed by atoms with Crippen LogP contribution in [0.5, 0.6) is 0 Å². The molecule has 1 N–H and O–H groups in total. The second-order valence-electron chi connectivity index (χ2n) is 7.13. The third kappa shape index (κ3) is 4.46. The molecule has 112 valence electrons. The van der Waals surface area contributed by atoms with Crippen LogP contribution in [-0.4, -0.2) is 36.1 Å². The zero-order chi connectivity index (χ0) is 13.7. The van der Waals surface area contributed by atoms with Gasteiger partial charge in [0.1, 0.15) is 0 Å². The Morgan fingerprint density at radius 2 is 1.84 bits per heavy atom. The van der Waals surface area contributed by atoms with Crippen LogP contribution in [0.3, 0.4) is 0 Å². The van der Waals surface area contributed by atoms with Gasteiger partial charge in [-0.25, -0.2) is 0 Å². The topological polar surface area (TPSA) is 15.3 Å². The van der Waals surface area contributed by atoms with E-state index in [0.717, 1.165) is 24.0 Å². The summed E-state index contributed by atoms with van der Waals surface area (Å²) >= 11 is 0. The van der Waals surface area contributed by atoms with E-state index >= 15 is 0 Å². The molecule has 0 saturated carbocycles. The molecule has 2 saturated heterocycles. The highest BCUT2D eigenvalue weighted by Crippen LogP contribution is 2.34. The Kier molecular flexibility index (Phi) is 6.15. The molecule has 0 aromatic rings. The van der Waals surface area contributed by atoms with Gasteiger partial charge in [-0.15, -0.1) is 0 Å². The largest absolute Gasteiger partial charge is 0.314 e. The molecule has 2 aliphatic heterocycles. The third-order valence-corrected chi connectivity index (χ3v) is 5.01. The van der Waals surface area contributed by atoms with Crippen molar-refractivity contribution in [2.45, 2.75) is 90.3 Å². The minimum absolute atomic E-state index is 0.802. The van der Waals surface area contributed by atoms with Crippen LogP contribution in [0.4, 0.5) is 0 Å². The molecule has 2 rings (SSSR count). The maximum Gasteiger partial charge on any atom is 0.0113 e. The van der Waals surface area contributed by atoms with E-state index in [4.69, 9.17) is 0 Å². The fourth-order valence-electron chi connectivity index (χ4n) is 4.04. The van der Waals surface area contributed by atoms with Crippen LogP contribution in [0.25, 0.3) is 0 Å². The van der Waals surface area contributed by atoms with Crippen molar-refractivity contribution < 1.29 is 0 Å². The highest BCUT2D eigenvalue weighted by atomic mass is 15.2. The molecule has 0 spiro atoms. The Hall–Kier alpha value is -0.0800. The van der Waals surface area contributed by atoms with Gasteiger partial charge in [-0.3, -0.25) is 4.90 Å². The van der Waals surface area contributed by atoms with E-state index in [-0.39, 0.29) is 0 Å². The molecule has 2 heterocycles. The molecule has 0 radical (unpaired) electrons. The summed E-state index contributed by atoms with van der Waals surface area (Å²) in [6.07, 6.45) is 11.2. The predicted octanol–water partition coefficient (Wildman–Crippen LogP) is 3.81. The Balaban J connectivity index is 1.81. The Morgan fingerprint density at radius 3 is 2.42 bits per heavy atom. The second kappa shape index (κ2) is 7.64. The van der Waals surface area contributed by atoms with E-state index < -0.39 is 0 Å². The van der Waals surface area contributed by atoms with Gasteiger partial charge in [-0.1, -0.05) is 27.2 Å². The summed E-state index contributed by atoms with van der Waals surface area (Å²) in [7, 11) is 0. The summed E-state index contributed by atoms with van der Waals surface area (Å²) in [6.45, 7) is 9.53. The lowest BCUT2D eigenvalue weighted by Gasteiger charge is -2.49. The first-order valence-corrected chi connectivity index (χ1v) is 8.69. The monoisotopic (exact) mass is 266 g/mol. The lowest BCUT2D eigenvalue weighted by molar-refractivity contribution is 0.0228. The molecule has 2 heteroatoms. The van der Waals surface area contributed by atoms with E-state index in [0.29, 0.717) is 0 Å². The van der Waals surface area contributed by atoms with Crippen molar-refractivity contribution in [1.29, 1.82) is 0 Å². The molecule has 2 atom stereocenters. The Labute approximate surface area is 120 Å². The standard InChI is InChI=1S/C17H34N2/c1-4-10-18-15-12-16-8-5-9-17(13-15)19(16)11-6-7-14(2)3/h14-18H,4-13H2,1-3H3. The molecule has 0 aliphatic carbocycles. The zero-order valence-corrected chi connectivity index (χ0v) is 13.3. The van der Waals surface area contributed by atoms with Gasteiger partial charge in [0.25, 0.3) is 0 Å². The van der Waals surface area contributed by atoms with Crippen molar-refractivity contribution in [3.63, 3.8) is 0 Å². The first kappa shape index (κ1) is 15.3. The highest BCUT2D eigenvalue weighted by Gasteiger charge is 2.37. The first-order chi connectivity index (χ1) is 9.20. The molecule has 2 nitrogen and oxygen atoms in total. The zero-order valence-electron chi connectivity index (χ0n) is 13.3. The smallest absolute Gasteiger partial charge is 0.0113 e. The van der Waals surface area contributed by atoms with E-state index in [1.165, 1.54) is 64.5 Å². The van der Waals surface area contributed by atoms with Crippen LogP contribution < -0.4 is 5.32 Å². The van der Waals surface area contributed by atoms with Gasteiger partial charge in [-0.2, -0.15) is 0 Å². The number of hydrogen-bond donors (Lipinski definition) is 1. The summed E-state index contributed by atoms with van der Waals surface area (Å²) in [5.74, 6) is 0.864. The van der Waals surface area contributed by atoms with Crippen molar-refractivity contribution >= 4 is 0 Å². The van der Waals surface area contributed by atoms with Crippen LogP contribution >= 0.6 is 0 Å². The lowest BCUT2D eigenvalue weighted by atomic mass is 9.81. The average Bonchev–Trinajstić information content (AvgIpc) is 2.36. The predicted molar refractivity (Wildman–Crippen MR) is 83.5 cm³/mol. The van der Waals surface area contributed by atoms with Crippen molar-refractivity contribution in [2.75, 3.05) is 13.1 Å². The highest BCUT2D eigenvalue weighted by molar-refractivity contribution is 4.94. The van der Waals surface area contributed by atoms with Crippen molar-refractivity contribution in [3.8, 4) is 0 Å². The Bertz CT molecular complexity index is 238. The maximum atomic E-state index is 3.77. The second-order valence-corrected chi connectivity index (χ2v) is 7.13. The molecule has 2 unspecified atom stereocenters. The molecular weight excluding hydrogens is 232 g/mol. The van der Waals surface area contributed by atoms with Crippen molar-refractivity contribution in [1.82, 2.24) is 10.2 Å². The molecule has 0 amide bonds. The summed E-state index contributed by atoms with van der Waals surface area (Å²) in [6, 6.07) is 2.57. The molecule has 2 bridgehead atoms. The average molecular weight is 266 g/mol. The van der Waals surface area contributed by atoms with E-state index in [1.54, 1.807) is 0 Å². The van der Waals surface area contributed by atoms with Crippen LogP contribution in [-0.2, 0) is 0 Å². The summed E-state index contributed by atoms with van der Waals surface area (Å²) in [4.78, 5) is 2.87. The Morgan fingerprint density at radius 1 is 1.16 bits per heavy atom. The summed E-state index contributed by atoms with van der Waals surface area (Å²) < 4.78 is 0. The van der Waals surface area contributed by atoms with Crippen LogP contribution in [0.2, 0.25) is 0 Å². The number of piperidine rings is 2. The quantitative estimate of drug-likeness (QED) is 0.754. The van der Waals surface area contributed by atoms with E-state index in [1.807, 2.05) is 0 Å². The van der Waals surface area contributed by atoms with Crippen LogP contribution in [0.15, 0.2) is 0 Å². The minimum Gasteiger partial charge on any atom is -0.314 e. The fraction of sp³-hybridized carbons (Fsp3) is 1.00. The van der Waals surface area contributed by atoms with Crippen LogP contribution in [0.1, 0.15) is 72.1 Å². The van der Waals surface area contributed by atoms with Crippen LogP contribution in [0, 0.1) is 5.92 Å². The molecule has 19 heavy (non-hydrogen) atoms. The van der Waals surface area contributed by atoms with Gasteiger partial charge in [0.15, 0.2) is 0 Å². The third-order valence-electron chi connectivity index (χ3n) is 5.01. The minimum atomic E-state index is 0.802. The van der Waals surface area contributed by atoms with Gasteiger partial charge in [-0.05, 0) is 64.0 Å². The maximum absolute atomic E-state index is 3.77. The van der Waals surface area contributed by atoms with Gasteiger partial charge in [0.2, 0.25) is 0 Å². The number of rotatable bonds is 7. The molecular formula is C17H34N2. The summed E-state index contributed by atoms with van der Waals surface area (Å²) in [5.41, 5.74) is 0.